The van der Waals surface area contributed by atoms with E-state index in [0.717, 1.165) is 17.3 Å². The molecule has 1 N–H and O–H groups in total. The second kappa shape index (κ2) is 6.60. The fourth-order valence-corrected chi connectivity index (χ4v) is 4.74. The minimum atomic E-state index is -3.85. The van der Waals surface area contributed by atoms with E-state index in [0.29, 0.717) is 16.9 Å². The first kappa shape index (κ1) is 16.8. The molecule has 2 heterocycles. The van der Waals surface area contributed by atoms with Crippen molar-refractivity contribution in [1.82, 2.24) is 23.0 Å². The lowest BCUT2D eigenvalue weighted by atomic mass is 10.1. The first-order chi connectivity index (χ1) is 12.6. The smallest absolute Gasteiger partial charge is 0.243 e. The molecular formula is C17H15N5O2S2. The molecule has 0 fully saturated rings. The van der Waals surface area contributed by atoms with Crippen molar-refractivity contribution >= 4 is 32.8 Å². The molecule has 0 amide bonds. The van der Waals surface area contributed by atoms with Gasteiger partial charge in [-0.15, -0.1) is 0 Å². The van der Waals surface area contributed by atoms with Crippen LogP contribution in [-0.4, -0.2) is 26.7 Å². The molecule has 0 saturated carbocycles. The Bertz CT molecular complexity index is 1150. The van der Waals surface area contributed by atoms with Crippen molar-refractivity contribution in [2.75, 3.05) is 0 Å². The number of nitrogens with zero attached hydrogens (tertiary/aromatic N) is 4. The fraction of sp³-hybridized carbons (Fsp3) is 0.118. The van der Waals surface area contributed by atoms with Gasteiger partial charge in [-0.25, -0.2) is 13.4 Å². The number of nitrogens with one attached hydrogen (secondary N) is 1. The SMILES string of the molecule is Cn1ccnc1[C@@H](NS(=O)(=O)c1cccc2nsnc12)c1ccccc1. The lowest BCUT2D eigenvalue weighted by Gasteiger charge is -2.19. The fourth-order valence-electron chi connectivity index (χ4n) is 2.79. The van der Waals surface area contributed by atoms with Gasteiger partial charge in [0.05, 0.1) is 11.7 Å². The van der Waals surface area contributed by atoms with E-state index in [-0.39, 0.29) is 4.90 Å². The molecule has 0 saturated heterocycles. The number of aryl methyl sites for hydroxylation is 1. The highest BCUT2D eigenvalue weighted by Crippen LogP contribution is 2.26. The third-order valence-electron chi connectivity index (χ3n) is 4.06. The summed E-state index contributed by atoms with van der Waals surface area (Å²) in [5.41, 5.74) is 1.73. The van der Waals surface area contributed by atoms with Crippen LogP contribution in [0, 0.1) is 0 Å². The van der Waals surface area contributed by atoms with Gasteiger partial charge in [0.1, 0.15) is 27.8 Å². The van der Waals surface area contributed by atoms with Crippen LogP contribution < -0.4 is 4.72 Å². The molecule has 7 nitrogen and oxygen atoms in total. The van der Waals surface area contributed by atoms with Crippen molar-refractivity contribution in [3.63, 3.8) is 0 Å². The van der Waals surface area contributed by atoms with Gasteiger partial charge >= 0.3 is 0 Å². The molecule has 0 aliphatic heterocycles. The Morgan fingerprint density at radius 1 is 1.08 bits per heavy atom. The van der Waals surface area contributed by atoms with E-state index < -0.39 is 16.1 Å². The number of aromatic nitrogens is 4. The van der Waals surface area contributed by atoms with Gasteiger partial charge in [0, 0.05) is 19.4 Å². The maximum Gasteiger partial charge on any atom is 0.243 e. The summed E-state index contributed by atoms with van der Waals surface area (Å²) in [6.07, 6.45) is 3.43. The van der Waals surface area contributed by atoms with E-state index in [4.69, 9.17) is 0 Å². The molecular weight excluding hydrogens is 370 g/mol. The van der Waals surface area contributed by atoms with Crippen LogP contribution in [0.4, 0.5) is 0 Å². The number of imidazole rings is 1. The summed E-state index contributed by atoms with van der Waals surface area (Å²) in [6, 6.07) is 13.7. The van der Waals surface area contributed by atoms with Crippen LogP contribution in [0.25, 0.3) is 11.0 Å². The maximum atomic E-state index is 13.1. The van der Waals surface area contributed by atoms with Gasteiger partial charge in [-0.3, -0.25) is 0 Å². The second-order valence-corrected chi connectivity index (χ2v) is 7.96. The predicted molar refractivity (Wildman–Crippen MR) is 99.2 cm³/mol. The van der Waals surface area contributed by atoms with Gasteiger partial charge in [0.2, 0.25) is 10.0 Å². The monoisotopic (exact) mass is 385 g/mol. The molecule has 2 aromatic heterocycles. The Balaban J connectivity index is 1.81. The molecule has 0 radical (unpaired) electrons. The number of benzene rings is 2. The predicted octanol–water partition coefficient (Wildman–Crippen LogP) is 2.49. The van der Waals surface area contributed by atoms with Crippen molar-refractivity contribution in [3.8, 4) is 0 Å². The third kappa shape index (κ3) is 3.00. The highest BCUT2D eigenvalue weighted by Gasteiger charge is 2.27. The Hall–Kier alpha value is -2.62. The molecule has 4 rings (SSSR count). The van der Waals surface area contributed by atoms with E-state index in [1.165, 1.54) is 6.07 Å². The number of fused-ring (bicyclic) bond motifs is 1. The zero-order chi connectivity index (χ0) is 18.1. The topological polar surface area (TPSA) is 89.8 Å². The molecule has 9 heteroatoms. The standard InChI is InChI=1S/C17H15N5O2S2/c1-22-11-10-18-17(22)15(12-6-3-2-4-7-12)21-26(23,24)14-9-5-8-13-16(14)20-25-19-13/h2-11,15,21H,1H3/t15-/m0/s1. The van der Waals surface area contributed by atoms with E-state index in [1.807, 2.05) is 37.4 Å². The molecule has 132 valence electrons. The lowest BCUT2D eigenvalue weighted by molar-refractivity contribution is 0.563. The van der Waals surface area contributed by atoms with Crippen molar-refractivity contribution in [2.24, 2.45) is 7.05 Å². The summed E-state index contributed by atoms with van der Waals surface area (Å²) < 4.78 is 39.1. The molecule has 2 aromatic carbocycles. The molecule has 26 heavy (non-hydrogen) atoms. The maximum absolute atomic E-state index is 13.1. The van der Waals surface area contributed by atoms with Gasteiger partial charge in [0.25, 0.3) is 0 Å². The highest BCUT2D eigenvalue weighted by atomic mass is 32.2. The molecule has 1 atom stereocenters. The quantitative estimate of drug-likeness (QED) is 0.570. The number of rotatable bonds is 5. The Morgan fingerprint density at radius 3 is 2.62 bits per heavy atom. The normalized spacial score (nSPS) is 13.1. The second-order valence-electron chi connectivity index (χ2n) is 5.75. The minimum Gasteiger partial charge on any atom is -0.336 e. The number of sulfonamides is 1. The van der Waals surface area contributed by atoms with Gasteiger partial charge in [-0.2, -0.15) is 13.5 Å². The summed E-state index contributed by atoms with van der Waals surface area (Å²) >= 11 is 0.990. The minimum absolute atomic E-state index is 0.110. The van der Waals surface area contributed by atoms with Crippen molar-refractivity contribution in [3.05, 3.63) is 72.3 Å². The van der Waals surface area contributed by atoms with E-state index in [9.17, 15) is 8.42 Å². The highest BCUT2D eigenvalue weighted by molar-refractivity contribution is 7.89. The van der Waals surface area contributed by atoms with Gasteiger partial charge in [-0.1, -0.05) is 36.4 Å². The molecule has 0 spiro atoms. The lowest BCUT2D eigenvalue weighted by Crippen LogP contribution is -2.31. The molecule has 0 bridgehead atoms. The largest absolute Gasteiger partial charge is 0.336 e. The van der Waals surface area contributed by atoms with Crippen molar-refractivity contribution in [2.45, 2.75) is 10.9 Å². The van der Waals surface area contributed by atoms with E-state index >= 15 is 0 Å². The van der Waals surface area contributed by atoms with Crippen LogP contribution in [0.5, 0.6) is 0 Å². The summed E-state index contributed by atoms with van der Waals surface area (Å²) in [5, 5.41) is 0. The molecule has 0 aliphatic rings. The van der Waals surface area contributed by atoms with Crippen LogP contribution in [0.1, 0.15) is 17.4 Å². The molecule has 0 aliphatic carbocycles. The van der Waals surface area contributed by atoms with Gasteiger partial charge < -0.3 is 4.57 Å². The molecule has 4 aromatic rings. The van der Waals surface area contributed by atoms with Gasteiger partial charge in [-0.05, 0) is 17.7 Å². The Morgan fingerprint density at radius 2 is 1.88 bits per heavy atom. The number of hydrogen-bond donors (Lipinski definition) is 1. The average Bonchev–Trinajstić information content (AvgIpc) is 3.29. The van der Waals surface area contributed by atoms with Crippen LogP contribution in [0.3, 0.4) is 0 Å². The van der Waals surface area contributed by atoms with Crippen LogP contribution in [0.2, 0.25) is 0 Å². The first-order valence-electron chi connectivity index (χ1n) is 7.82. The summed E-state index contributed by atoms with van der Waals surface area (Å²) in [6.45, 7) is 0. The van der Waals surface area contributed by atoms with Crippen molar-refractivity contribution in [1.29, 1.82) is 0 Å². The summed E-state index contributed by atoms with van der Waals surface area (Å²) in [7, 11) is -2.02. The van der Waals surface area contributed by atoms with Crippen LogP contribution in [-0.2, 0) is 17.1 Å². The summed E-state index contributed by atoms with van der Waals surface area (Å²) in [4.78, 5) is 4.44. The van der Waals surface area contributed by atoms with Crippen molar-refractivity contribution < 1.29 is 8.42 Å². The Labute approximate surface area is 154 Å². The Kier molecular flexibility index (Phi) is 4.27. The third-order valence-corrected chi connectivity index (χ3v) is 6.06. The van der Waals surface area contributed by atoms with Gasteiger partial charge in [0.15, 0.2) is 0 Å². The van der Waals surface area contributed by atoms with E-state index in [2.05, 4.69) is 18.5 Å². The molecule has 0 unspecified atom stereocenters. The first-order valence-corrected chi connectivity index (χ1v) is 10.0. The summed E-state index contributed by atoms with van der Waals surface area (Å²) in [5.74, 6) is 0.600. The van der Waals surface area contributed by atoms with Crippen LogP contribution in [0.15, 0.2) is 65.8 Å². The van der Waals surface area contributed by atoms with Crippen LogP contribution >= 0.6 is 11.7 Å². The zero-order valence-electron chi connectivity index (χ0n) is 13.8. The number of hydrogen-bond acceptors (Lipinski definition) is 6. The average molecular weight is 385 g/mol. The van der Waals surface area contributed by atoms with E-state index in [1.54, 1.807) is 29.1 Å². The zero-order valence-corrected chi connectivity index (χ0v) is 15.4.